The van der Waals surface area contributed by atoms with Crippen molar-refractivity contribution >= 4 is 101 Å². The molecule has 0 aromatic carbocycles. The number of carbonyl (C=O) groups is 17. The van der Waals surface area contributed by atoms with E-state index in [0.29, 0.717) is 0 Å². The van der Waals surface area contributed by atoms with Crippen LogP contribution >= 0.6 is 0 Å². The predicted molar refractivity (Wildman–Crippen MR) is 253 cm³/mol. The topological polar surface area (TPSA) is 618 Å². The number of carbonyl (C=O) groups excluding carboxylic acids is 11. The van der Waals surface area contributed by atoms with Crippen LogP contribution in [-0.4, -0.2) is 204 Å². The molecule has 0 aliphatic carbocycles. The zero-order valence-corrected chi connectivity index (χ0v) is 41.6. The van der Waals surface area contributed by atoms with Crippen molar-refractivity contribution in [1.29, 1.82) is 0 Å². The standard InChI is InChI=1S/C42H64N12O24/c1-17(56)46-26(16-55)41(76)50-20(6-9-30(61)62)36(71)53-24(15-33(67)68)40(75)51-22(12-27(44)57)38(73)47-18(4-2-3-11-43)34(69)52-23(14-32(65)66)39(74)49-19(5-8-29(59)60)35(70)48-21(7-10-31(63)64)37(72)54-25(42(77)78)13-28(45)58/h18-26,55H,2-16,43H2,1H3,(H2,44,57)(H2,45,58)(H,46,56)(H,47,73)(H,48,70)(H,49,74)(H,50,76)(H,51,75)(H,52,69)(H,53,71)(H,54,72)(H,59,60)(H,61,62)(H,63,64)(H,65,66)(H,67,68)(H,77,78)/t18-,19-,20-,21-,22-,23-,24-,25-,26-/m1/s1. The highest BCUT2D eigenvalue weighted by atomic mass is 16.4. The summed E-state index contributed by atoms with van der Waals surface area (Å²) in [6.07, 6.45) is -9.82. The number of rotatable bonds is 40. The summed E-state index contributed by atoms with van der Waals surface area (Å²) in [7, 11) is 0. The van der Waals surface area contributed by atoms with Crippen LogP contribution in [0, 0.1) is 0 Å². The van der Waals surface area contributed by atoms with Crippen LogP contribution in [0.4, 0.5) is 0 Å². The minimum absolute atomic E-state index is 0.00628. The molecule has 0 saturated carbocycles. The van der Waals surface area contributed by atoms with Gasteiger partial charge in [-0.2, -0.15) is 0 Å². The van der Waals surface area contributed by atoms with Crippen molar-refractivity contribution in [2.45, 2.75) is 145 Å². The Labute approximate surface area is 440 Å². The van der Waals surface area contributed by atoms with Gasteiger partial charge in [-0.05, 0) is 45.1 Å². The fourth-order valence-electron chi connectivity index (χ4n) is 6.57. The molecule has 11 amide bonds. The number of amides is 11. The average molecular weight is 1120 g/mol. The average Bonchev–Trinajstić information content (AvgIpc) is 3.32. The number of unbranched alkanes of at least 4 members (excludes halogenated alkanes) is 1. The molecule has 0 fully saturated rings. The number of aliphatic hydroxyl groups excluding tert-OH is 1. The largest absolute Gasteiger partial charge is 0.481 e. The summed E-state index contributed by atoms with van der Waals surface area (Å²) in [6.45, 7) is -0.0420. The highest BCUT2D eigenvalue weighted by molar-refractivity contribution is 6.00. The van der Waals surface area contributed by atoms with E-state index in [4.69, 9.17) is 17.2 Å². The smallest absolute Gasteiger partial charge is 0.326 e. The van der Waals surface area contributed by atoms with E-state index in [1.165, 1.54) is 0 Å². The van der Waals surface area contributed by atoms with Crippen LogP contribution in [0.2, 0.25) is 0 Å². The van der Waals surface area contributed by atoms with E-state index in [1.807, 2.05) is 31.9 Å². The van der Waals surface area contributed by atoms with Gasteiger partial charge in [0.25, 0.3) is 0 Å². The van der Waals surface area contributed by atoms with E-state index in [2.05, 4.69) is 16.0 Å². The third-order valence-corrected chi connectivity index (χ3v) is 10.4. The van der Waals surface area contributed by atoms with Gasteiger partial charge in [-0.25, -0.2) is 4.79 Å². The lowest BCUT2D eigenvalue weighted by Gasteiger charge is -2.27. The first-order valence-corrected chi connectivity index (χ1v) is 23.2. The first-order chi connectivity index (χ1) is 36.3. The second-order valence-corrected chi connectivity index (χ2v) is 16.9. The van der Waals surface area contributed by atoms with Crippen LogP contribution in [0.5, 0.6) is 0 Å². The maximum Gasteiger partial charge on any atom is 0.326 e. The molecule has 36 heteroatoms. The summed E-state index contributed by atoms with van der Waals surface area (Å²) in [5, 5.41) is 84.2. The molecule has 0 aliphatic rings. The van der Waals surface area contributed by atoms with Crippen LogP contribution in [0.15, 0.2) is 0 Å². The summed E-state index contributed by atoms with van der Waals surface area (Å²) in [4.78, 5) is 213. The molecule has 0 rings (SSSR count). The van der Waals surface area contributed by atoms with E-state index in [-0.39, 0.29) is 19.4 Å². The molecule has 9 atom stereocenters. The third-order valence-electron chi connectivity index (χ3n) is 10.4. The summed E-state index contributed by atoms with van der Waals surface area (Å²) in [6, 6.07) is -17.9. The van der Waals surface area contributed by atoms with Crippen LogP contribution in [0.25, 0.3) is 0 Å². The van der Waals surface area contributed by atoms with Crippen LogP contribution in [-0.2, 0) is 81.5 Å². The Bertz CT molecular complexity index is 2260. The molecule has 0 unspecified atom stereocenters. The van der Waals surface area contributed by atoms with Gasteiger partial charge in [0.1, 0.15) is 54.4 Å². The SMILES string of the molecule is CC(=O)N[C@H](CO)C(=O)N[C@H](CCC(=O)O)C(=O)N[C@H](CC(=O)O)C(=O)N[C@H](CC(N)=O)C(=O)N[C@H](CCCCN)C(=O)N[C@H](CC(=O)O)C(=O)N[C@H](CCC(=O)O)C(=O)N[C@H](CCC(=O)O)C(=O)N[C@H](CC(N)=O)C(=O)O. The zero-order chi connectivity index (χ0) is 60.0. The molecule has 0 radical (unpaired) electrons. The lowest BCUT2D eigenvalue weighted by Crippen LogP contribution is -2.61. The van der Waals surface area contributed by atoms with Crippen molar-refractivity contribution in [2.24, 2.45) is 17.2 Å². The van der Waals surface area contributed by atoms with Crippen molar-refractivity contribution in [2.75, 3.05) is 13.2 Å². The van der Waals surface area contributed by atoms with Crippen LogP contribution in [0.1, 0.15) is 90.4 Å². The molecule has 78 heavy (non-hydrogen) atoms. The minimum Gasteiger partial charge on any atom is -0.481 e. The monoisotopic (exact) mass is 1120 g/mol. The molecule has 36 nitrogen and oxygen atoms in total. The molecule has 0 aromatic rings. The Balaban J connectivity index is 6.93. The van der Waals surface area contributed by atoms with Crippen molar-refractivity contribution in [3.05, 3.63) is 0 Å². The van der Waals surface area contributed by atoms with Gasteiger partial charge < -0.3 is 101 Å². The van der Waals surface area contributed by atoms with Crippen molar-refractivity contribution in [1.82, 2.24) is 47.9 Å². The van der Waals surface area contributed by atoms with Gasteiger partial charge >= 0.3 is 35.8 Å². The van der Waals surface area contributed by atoms with E-state index in [1.54, 1.807) is 0 Å². The summed E-state index contributed by atoms with van der Waals surface area (Å²) < 4.78 is 0. The Morgan fingerprint density at radius 3 is 0.885 bits per heavy atom. The Hall–Kier alpha value is -9.09. The maximum atomic E-state index is 13.9. The molecule has 0 aliphatic heterocycles. The molecule has 0 heterocycles. The van der Waals surface area contributed by atoms with Crippen molar-refractivity contribution < 1.29 is 117 Å². The normalized spacial score (nSPS) is 14.1. The fourth-order valence-corrected chi connectivity index (χ4v) is 6.57. The number of nitrogens with two attached hydrogens (primary N) is 3. The second-order valence-electron chi connectivity index (χ2n) is 16.9. The first kappa shape index (κ1) is 68.9. The van der Waals surface area contributed by atoms with Gasteiger partial charge in [0, 0.05) is 26.2 Å². The fraction of sp³-hybridized carbons (Fsp3) is 0.595. The summed E-state index contributed by atoms with van der Waals surface area (Å²) in [5.41, 5.74) is 15.9. The van der Waals surface area contributed by atoms with Crippen molar-refractivity contribution in [3.8, 4) is 0 Å². The molecule has 0 bridgehead atoms. The lowest BCUT2D eigenvalue weighted by atomic mass is 10.0. The number of carboxylic acid groups (broad SMARTS) is 6. The Kier molecular flexibility index (Phi) is 31.1. The number of nitrogens with one attached hydrogen (secondary N) is 9. The maximum absolute atomic E-state index is 13.9. The first-order valence-electron chi connectivity index (χ1n) is 23.2. The molecule has 436 valence electrons. The van der Waals surface area contributed by atoms with Gasteiger partial charge in [-0.15, -0.1) is 0 Å². The number of primary amides is 2. The molecular weight excluding hydrogens is 1060 g/mol. The summed E-state index contributed by atoms with van der Waals surface area (Å²) in [5.74, 6) is -24.6. The zero-order valence-electron chi connectivity index (χ0n) is 41.6. The van der Waals surface area contributed by atoms with Gasteiger partial charge in [0.05, 0.1) is 32.3 Å². The van der Waals surface area contributed by atoms with Gasteiger partial charge in [-0.3, -0.25) is 76.7 Å². The molecule has 0 saturated heterocycles. The highest BCUT2D eigenvalue weighted by Gasteiger charge is 2.37. The molecule has 0 spiro atoms. The molecule has 22 N–H and O–H groups in total. The lowest BCUT2D eigenvalue weighted by molar-refractivity contribution is -0.144. The quantitative estimate of drug-likeness (QED) is 0.0253. The van der Waals surface area contributed by atoms with Crippen LogP contribution < -0.4 is 65.1 Å². The van der Waals surface area contributed by atoms with E-state index >= 15 is 0 Å². The summed E-state index contributed by atoms with van der Waals surface area (Å²) >= 11 is 0. The van der Waals surface area contributed by atoms with Crippen molar-refractivity contribution in [3.63, 3.8) is 0 Å². The highest BCUT2D eigenvalue weighted by Crippen LogP contribution is 2.10. The van der Waals surface area contributed by atoms with Gasteiger partial charge in [0.15, 0.2) is 0 Å². The molecule has 0 aromatic heterocycles. The van der Waals surface area contributed by atoms with E-state index in [0.717, 1.165) is 6.92 Å². The number of hydrogen-bond acceptors (Lipinski definition) is 19. The van der Waals surface area contributed by atoms with Gasteiger partial charge in [0.2, 0.25) is 65.0 Å². The van der Waals surface area contributed by atoms with Crippen LogP contribution in [0.3, 0.4) is 0 Å². The van der Waals surface area contributed by atoms with E-state index in [9.17, 15) is 117 Å². The predicted octanol–water partition coefficient (Wildman–Crippen LogP) is -9.13. The molecular formula is C42H64N12O24. The Morgan fingerprint density at radius 2 is 0.615 bits per heavy atom. The number of carboxylic acids is 6. The second kappa shape index (κ2) is 35.2. The third kappa shape index (κ3) is 28.5. The minimum atomic E-state index is -2.22. The number of aliphatic carboxylic acids is 6. The van der Waals surface area contributed by atoms with E-state index < -0.39 is 232 Å². The number of aliphatic hydroxyl groups is 1. The Morgan fingerprint density at radius 1 is 0.346 bits per heavy atom. The van der Waals surface area contributed by atoms with Gasteiger partial charge in [-0.1, -0.05) is 0 Å². The number of hydrogen-bond donors (Lipinski definition) is 19.